The van der Waals surface area contributed by atoms with E-state index in [2.05, 4.69) is 0 Å². The number of nitrogens with two attached hydrogens (primary N) is 1. The Kier molecular flexibility index (Phi) is 8.62. The SMILES string of the molecule is COc1cc(CN(C(=O)COc2ccc(Cl)cc2)C2CCCCC2)ccc1OCC(N)=O. The van der Waals surface area contributed by atoms with Crippen molar-refractivity contribution in [2.45, 2.75) is 44.7 Å². The molecule has 0 heterocycles. The summed E-state index contributed by atoms with van der Waals surface area (Å²) in [7, 11) is 1.53. The van der Waals surface area contributed by atoms with E-state index in [0.29, 0.717) is 28.8 Å². The van der Waals surface area contributed by atoms with E-state index in [0.717, 1.165) is 31.2 Å². The second-order valence-electron chi connectivity index (χ2n) is 7.80. The highest BCUT2D eigenvalue weighted by molar-refractivity contribution is 6.30. The fraction of sp³-hybridized carbons (Fsp3) is 0.417. The van der Waals surface area contributed by atoms with Crippen molar-refractivity contribution in [3.05, 3.63) is 53.1 Å². The molecule has 32 heavy (non-hydrogen) atoms. The van der Waals surface area contributed by atoms with Crippen LogP contribution in [-0.4, -0.2) is 43.1 Å². The van der Waals surface area contributed by atoms with E-state index in [9.17, 15) is 9.59 Å². The van der Waals surface area contributed by atoms with Crippen molar-refractivity contribution in [1.82, 2.24) is 4.90 Å². The third-order valence-corrected chi connectivity index (χ3v) is 5.71. The molecule has 0 radical (unpaired) electrons. The van der Waals surface area contributed by atoms with Crippen LogP contribution in [0.25, 0.3) is 0 Å². The van der Waals surface area contributed by atoms with Crippen molar-refractivity contribution >= 4 is 23.4 Å². The van der Waals surface area contributed by atoms with Crippen molar-refractivity contribution in [3.8, 4) is 17.2 Å². The summed E-state index contributed by atoms with van der Waals surface area (Å²) in [4.78, 5) is 26.1. The minimum atomic E-state index is -0.564. The minimum absolute atomic E-state index is 0.0466. The number of carbonyl (C=O) groups is 2. The van der Waals surface area contributed by atoms with Crippen LogP contribution in [0.5, 0.6) is 17.2 Å². The van der Waals surface area contributed by atoms with E-state index in [-0.39, 0.29) is 25.2 Å². The summed E-state index contributed by atoms with van der Waals surface area (Å²) >= 11 is 5.91. The van der Waals surface area contributed by atoms with Crippen LogP contribution >= 0.6 is 11.6 Å². The number of hydrogen-bond acceptors (Lipinski definition) is 5. The molecule has 0 aromatic heterocycles. The number of primary amides is 1. The third-order valence-electron chi connectivity index (χ3n) is 5.46. The van der Waals surface area contributed by atoms with Crippen molar-refractivity contribution in [2.24, 2.45) is 5.73 Å². The molecule has 0 aliphatic heterocycles. The number of hydrogen-bond donors (Lipinski definition) is 1. The van der Waals surface area contributed by atoms with Gasteiger partial charge in [-0.2, -0.15) is 0 Å². The van der Waals surface area contributed by atoms with Gasteiger partial charge in [0, 0.05) is 17.6 Å². The number of halogens is 1. The number of ether oxygens (including phenoxy) is 3. The Labute approximate surface area is 193 Å². The predicted octanol–water partition coefficient (Wildman–Crippen LogP) is 3.95. The Morgan fingerprint density at radius 2 is 1.72 bits per heavy atom. The number of benzene rings is 2. The lowest BCUT2D eigenvalue weighted by molar-refractivity contribution is -0.137. The molecule has 1 fully saturated rings. The number of carbonyl (C=O) groups excluding carboxylic acids is 2. The van der Waals surface area contributed by atoms with Gasteiger partial charge in [-0.25, -0.2) is 0 Å². The first-order valence-corrected chi connectivity index (χ1v) is 11.1. The Balaban J connectivity index is 1.72. The van der Waals surface area contributed by atoms with Crippen LogP contribution in [0.4, 0.5) is 0 Å². The minimum Gasteiger partial charge on any atom is -0.493 e. The van der Waals surface area contributed by atoms with Gasteiger partial charge in [0.25, 0.3) is 11.8 Å². The van der Waals surface area contributed by atoms with E-state index in [1.807, 2.05) is 17.0 Å². The highest BCUT2D eigenvalue weighted by Gasteiger charge is 2.26. The van der Waals surface area contributed by atoms with E-state index < -0.39 is 5.91 Å². The van der Waals surface area contributed by atoms with Crippen molar-refractivity contribution in [2.75, 3.05) is 20.3 Å². The van der Waals surface area contributed by atoms with E-state index in [1.54, 1.807) is 30.3 Å². The van der Waals surface area contributed by atoms with Gasteiger partial charge in [-0.1, -0.05) is 36.9 Å². The molecular weight excluding hydrogens is 432 g/mol. The molecule has 2 aromatic carbocycles. The zero-order valence-corrected chi connectivity index (χ0v) is 19.0. The Bertz CT molecular complexity index is 913. The maximum absolute atomic E-state index is 13.2. The first-order valence-electron chi connectivity index (χ1n) is 10.7. The maximum atomic E-state index is 13.2. The molecule has 2 amide bonds. The lowest BCUT2D eigenvalue weighted by Crippen LogP contribution is -2.43. The summed E-state index contributed by atoms with van der Waals surface area (Å²) in [5, 5.41) is 0.615. The van der Waals surface area contributed by atoms with Gasteiger partial charge in [0.05, 0.1) is 7.11 Å². The number of rotatable bonds is 10. The Morgan fingerprint density at radius 1 is 1.00 bits per heavy atom. The van der Waals surface area contributed by atoms with Gasteiger partial charge >= 0.3 is 0 Å². The lowest BCUT2D eigenvalue weighted by Gasteiger charge is -2.34. The molecule has 8 heteroatoms. The molecular formula is C24H29ClN2O5. The standard InChI is InChI=1S/C24H29ClN2O5/c1-30-22-13-17(7-12-21(22)32-15-23(26)28)14-27(19-5-3-2-4-6-19)24(29)16-31-20-10-8-18(25)9-11-20/h7-13,19H,2-6,14-16H2,1H3,(H2,26,28). The van der Waals surface area contributed by atoms with Gasteiger partial charge in [0.1, 0.15) is 5.75 Å². The molecule has 0 atom stereocenters. The van der Waals surface area contributed by atoms with Gasteiger partial charge in [0.2, 0.25) is 0 Å². The van der Waals surface area contributed by atoms with E-state index in [4.69, 9.17) is 31.5 Å². The Hall–Kier alpha value is -2.93. The molecule has 3 rings (SSSR count). The number of amides is 2. The molecule has 0 bridgehead atoms. The normalized spacial score (nSPS) is 13.9. The summed E-state index contributed by atoms with van der Waals surface area (Å²) in [6.07, 6.45) is 5.36. The van der Waals surface area contributed by atoms with Gasteiger partial charge < -0.3 is 24.8 Å². The molecule has 0 saturated heterocycles. The highest BCUT2D eigenvalue weighted by atomic mass is 35.5. The number of methoxy groups -OCH3 is 1. The van der Waals surface area contributed by atoms with Gasteiger partial charge in [-0.15, -0.1) is 0 Å². The highest BCUT2D eigenvalue weighted by Crippen LogP contribution is 2.30. The van der Waals surface area contributed by atoms with Gasteiger partial charge in [-0.3, -0.25) is 9.59 Å². The molecule has 1 aliphatic carbocycles. The molecule has 0 spiro atoms. The summed E-state index contributed by atoms with van der Waals surface area (Å²) in [5.41, 5.74) is 6.06. The predicted molar refractivity (Wildman–Crippen MR) is 122 cm³/mol. The summed E-state index contributed by atoms with van der Waals surface area (Å²) < 4.78 is 16.5. The molecule has 172 valence electrons. The van der Waals surface area contributed by atoms with Crippen LogP contribution in [0.2, 0.25) is 5.02 Å². The van der Waals surface area contributed by atoms with Gasteiger partial charge in [0.15, 0.2) is 24.7 Å². The van der Waals surface area contributed by atoms with Crippen LogP contribution in [0, 0.1) is 0 Å². The molecule has 7 nitrogen and oxygen atoms in total. The lowest BCUT2D eigenvalue weighted by atomic mass is 9.93. The first kappa shape index (κ1) is 23.7. The van der Waals surface area contributed by atoms with Crippen LogP contribution in [0.3, 0.4) is 0 Å². The second-order valence-corrected chi connectivity index (χ2v) is 8.23. The molecule has 2 N–H and O–H groups in total. The molecule has 2 aromatic rings. The third kappa shape index (κ3) is 6.79. The zero-order valence-electron chi connectivity index (χ0n) is 18.2. The summed E-state index contributed by atoms with van der Waals surface area (Å²) in [6, 6.07) is 12.5. The number of nitrogens with zero attached hydrogens (tertiary/aromatic N) is 1. The van der Waals surface area contributed by atoms with Crippen LogP contribution < -0.4 is 19.9 Å². The van der Waals surface area contributed by atoms with E-state index >= 15 is 0 Å². The van der Waals surface area contributed by atoms with Crippen LogP contribution in [0.1, 0.15) is 37.7 Å². The average Bonchev–Trinajstić information content (AvgIpc) is 2.81. The second kappa shape index (κ2) is 11.6. The van der Waals surface area contributed by atoms with Crippen LogP contribution in [0.15, 0.2) is 42.5 Å². The fourth-order valence-corrected chi connectivity index (χ4v) is 3.97. The summed E-state index contributed by atoms with van der Waals surface area (Å²) in [5.74, 6) is 0.878. The van der Waals surface area contributed by atoms with Crippen molar-refractivity contribution in [1.29, 1.82) is 0 Å². The molecule has 1 aliphatic rings. The monoisotopic (exact) mass is 460 g/mol. The smallest absolute Gasteiger partial charge is 0.261 e. The Morgan fingerprint density at radius 3 is 2.38 bits per heavy atom. The quantitative estimate of drug-likeness (QED) is 0.579. The summed E-state index contributed by atoms with van der Waals surface area (Å²) in [6.45, 7) is 0.152. The topological polar surface area (TPSA) is 91.1 Å². The maximum Gasteiger partial charge on any atom is 0.261 e. The zero-order chi connectivity index (χ0) is 22.9. The first-order chi connectivity index (χ1) is 15.5. The van der Waals surface area contributed by atoms with Gasteiger partial charge in [-0.05, 0) is 54.8 Å². The van der Waals surface area contributed by atoms with Crippen LogP contribution in [-0.2, 0) is 16.1 Å². The largest absolute Gasteiger partial charge is 0.493 e. The van der Waals surface area contributed by atoms with Crippen molar-refractivity contribution in [3.63, 3.8) is 0 Å². The van der Waals surface area contributed by atoms with Crippen molar-refractivity contribution < 1.29 is 23.8 Å². The molecule has 0 unspecified atom stereocenters. The average molecular weight is 461 g/mol. The molecule has 1 saturated carbocycles. The fourth-order valence-electron chi connectivity index (χ4n) is 3.85. The van der Waals surface area contributed by atoms with E-state index in [1.165, 1.54) is 13.5 Å².